The van der Waals surface area contributed by atoms with Gasteiger partial charge in [0.15, 0.2) is 18.1 Å². The zero-order valence-corrected chi connectivity index (χ0v) is 13.9. The third-order valence-corrected chi connectivity index (χ3v) is 2.76. The van der Waals surface area contributed by atoms with E-state index in [1.54, 1.807) is 0 Å². The van der Waals surface area contributed by atoms with Crippen LogP contribution in [0.4, 0.5) is 0 Å². The van der Waals surface area contributed by atoms with E-state index in [4.69, 9.17) is 18.9 Å². The third kappa shape index (κ3) is 5.36. The summed E-state index contributed by atoms with van der Waals surface area (Å²) in [7, 11) is 1.47. The lowest BCUT2D eigenvalue weighted by atomic mass is 10.2. The summed E-state index contributed by atoms with van der Waals surface area (Å²) in [5.74, 6) is 0.205. The lowest BCUT2D eigenvalue weighted by Gasteiger charge is -2.16. The van der Waals surface area contributed by atoms with Gasteiger partial charge in [0.2, 0.25) is 5.75 Å². The smallest absolute Gasteiger partial charge is 0.338 e. The van der Waals surface area contributed by atoms with Crippen LogP contribution in [0.1, 0.15) is 31.1 Å². The van der Waals surface area contributed by atoms with Gasteiger partial charge in [-0.2, -0.15) is 0 Å². The van der Waals surface area contributed by atoms with E-state index in [-0.39, 0.29) is 18.1 Å². The molecule has 1 amide bonds. The van der Waals surface area contributed by atoms with Gasteiger partial charge in [0.05, 0.1) is 25.4 Å². The molecule has 23 heavy (non-hydrogen) atoms. The second kappa shape index (κ2) is 9.55. The van der Waals surface area contributed by atoms with Crippen molar-refractivity contribution in [3.05, 3.63) is 17.7 Å². The summed E-state index contributed by atoms with van der Waals surface area (Å²) >= 11 is 0. The molecule has 0 heterocycles. The summed E-state index contributed by atoms with van der Waals surface area (Å²) in [6, 6.07) is 3.03. The van der Waals surface area contributed by atoms with Crippen LogP contribution in [-0.2, 0) is 9.53 Å². The van der Waals surface area contributed by atoms with Crippen LogP contribution < -0.4 is 19.5 Å². The number of benzene rings is 1. The zero-order chi connectivity index (χ0) is 17.2. The fourth-order valence-corrected chi connectivity index (χ4v) is 1.79. The number of hydrogen-bond acceptors (Lipinski definition) is 6. The van der Waals surface area contributed by atoms with Crippen molar-refractivity contribution in [2.75, 3.05) is 33.5 Å². The number of hydrogen-bond donors (Lipinski definition) is 1. The van der Waals surface area contributed by atoms with Crippen molar-refractivity contribution in [2.45, 2.75) is 20.8 Å². The molecule has 0 aliphatic heterocycles. The van der Waals surface area contributed by atoms with Crippen molar-refractivity contribution in [1.82, 2.24) is 5.32 Å². The summed E-state index contributed by atoms with van der Waals surface area (Å²) < 4.78 is 21.5. The van der Waals surface area contributed by atoms with Crippen molar-refractivity contribution in [2.24, 2.45) is 0 Å². The Morgan fingerprint density at radius 3 is 1.91 bits per heavy atom. The first kappa shape index (κ1) is 18.6. The minimum absolute atomic E-state index is 0.226. The normalized spacial score (nSPS) is 9.91. The van der Waals surface area contributed by atoms with E-state index in [1.807, 2.05) is 20.8 Å². The zero-order valence-electron chi connectivity index (χ0n) is 13.9. The van der Waals surface area contributed by atoms with Gasteiger partial charge in [-0.25, -0.2) is 4.79 Å². The number of esters is 1. The molecule has 0 aliphatic rings. The molecule has 7 nitrogen and oxygen atoms in total. The molecular formula is C16H23NO6. The number of nitrogens with one attached hydrogen (secondary N) is 1. The van der Waals surface area contributed by atoms with Gasteiger partial charge in [-0.1, -0.05) is 0 Å². The maximum absolute atomic E-state index is 12.1. The Morgan fingerprint density at radius 2 is 1.48 bits per heavy atom. The molecule has 1 rings (SSSR count). The number of amides is 1. The summed E-state index contributed by atoms with van der Waals surface area (Å²) in [6.45, 7) is 6.39. The lowest BCUT2D eigenvalue weighted by molar-refractivity contribution is -0.123. The van der Waals surface area contributed by atoms with Gasteiger partial charge in [-0.3, -0.25) is 4.79 Å². The minimum Gasteiger partial charge on any atom is -0.490 e. The Labute approximate surface area is 135 Å². The number of carbonyl (C=O) groups is 2. The SMILES string of the molecule is CCOc1cc(C(=O)OCC(=O)NC)cc(OCC)c1OCC. The molecule has 1 aromatic carbocycles. The molecular weight excluding hydrogens is 302 g/mol. The van der Waals surface area contributed by atoms with Gasteiger partial charge < -0.3 is 24.3 Å². The van der Waals surface area contributed by atoms with E-state index in [0.717, 1.165) is 0 Å². The molecule has 128 valence electrons. The predicted octanol–water partition coefficient (Wildman–Crippen LogP) is 1.79. The topological polar surface area (TPSA) is 83.1 Å². The van der Waals surface area contributed by atoms with Crippen LogP contribution in [0.25, 0.3) is 0 Å². The maximum atomic E-state index is 12.1. The van der Waals surface area contributed by atoms with Crippen LogP contribution in [0.3, 0.4) is 0 Å². The molecule has 0 aliphatic carbocycles. The van der Waals surface area contributed by atoms with Crippen molar-refractivity contribution >= 4 is 11.9 Å². The first-order valence-electron chi connectivity index (χ1n) is 7.51. The molecule has 0 aromatic heterocycles. The Bertz CT molecular complexity index is 516. The van der Waals surface area contributed by atoms with Crippen molar-refractivity contribution < 1.29 is 28.5 Å². The second-order valence-corrected chi connectivity index (χ2v) is 4.35. The van der Waals surface area contributed by atoms with Gasteiger partial charge in [0, 0.05) is 7.05 Å². The first-order chi connectivity index (χ1) is 11.1. The van der Waals surface area contributed by atoms with Gasteiger partial charge in [-0.05, 0) is 32.9 Å². The molecule has 0 saturated carbocycles. The highest BCUT2D eigenvalue weighted by Gasteiger charge is 2.19. The average molecular weight is 325 g/mol. The van der Waals surface area contributed by atoms with E-state index in [0.29, 0.717) is 37.1 Å². The highest BCUT2D eigenvalue weighted by atomic mass is 16.5. The largest absolute Gasteiger partial charge is 0.490 e. The molecule has 0 saturated heterocycles. The third-order valence-electron chi connectivity index (χ3n) is 2.76. The van der Waals surface area contributed by atoms with Crippen molar-refractivity contribution in [3.8, 4) is 17.2 Å². The molecule has 0 atom stereocenters. The Hall–Kier alpha value is -2.44. The van der Waals surface area contributed by atoms with Crippen LogP contribution in [-0.4, -0.2) is 45.4 Å². The van der Waals surface area contributed by atoms with Crippen molar-refractivity contribution in [1.29, 1.82) is 0 Å². The summed E-state index contributed by atoms with van der Waals surface area (Å²) in [5.41, 5.74) is 0.226. The molecule has 0 bridgehead atoms. The molecule has 0 unspecified atom stereocenters. The second-order valence-electron chi connectivity index (χ2n) is 4.35. The van der Waals surface area contributed by atoms with E-state index < -0.39 is 5.97 Å². The molecule has 0 radical (unpaired) electrons. The Balaban J connectivity index is 3.11. The number of rotatable bonds is 9. The molecule has 0 fully saturated rings. The standard InChI is InChI=1S/C16H23NO6/c1-5-20-12-8-11(16(19)23-10-14(18)17-4)9-13(21-6-2)15(12)22-7-3/h8-9H,5-7,10H2,1-4H3,(H,17,18). The summed E-state index contributed by atoms with van der Waals surface area (Å²) in [6.07, 6.45) is 0. The van der Waals surface area contributed by atoms with E-state index in [2.05, 4.69) is 5.32 Å². The highest BCUT2D eigenvalue weighted by Crippen LogP contribution is 2.39. The van der Waals surface area contributed by atoms with Gasteiger partial charge in [-0.15, -0.1) is 0 Å². The maximum Gasteiger partial charge on any atom is 0.338 e. The van der Waals surface area contributed by atoms with Crippen LogP contribution in [0, 0.1) is 0 Å². The average Bonchev–Trinajstić information content (AvgIpc) is 2.55. The number of ether oxygens (including phenoxy) is 4. The minimum atomic E-state index is -0.640. The van der Waals surface area contributed by atoms with Gasteiger partial charge in [0.25, 0.3) is 5.91 Å². The quantitative estimate of drug-likeness (QED) is 0.697. The van der Waals surface area contributed by atoms with E-state index >= 15 is 0 Å². The highest BCUT2D eigenvalue weighted by molar-refractivity contribution is 5.92. The lowest BCUT2D eigenvalue weighted by Crippen LogP contribution is -2.25. The van der Waals surface area contributed by atoms with Gasteiger partial charge >= 0.3 is 5.97 Å². The first-order valence-corrected chi connectivity index (χ1v) is 7.51. The van der Waals surface area contributed by atoms with Crippen LogP contribution in [0.15, 0.2) is 12.1 Å². The molecule has 7 heteroatoms. The predicted molar refractivity (Wildman–Crippen MR) is 84.3 cm³/mol. The molecule has 0 spiro atoms. The Kier molecular flexibility index (Phi) is 7.73. The monoisotopic (exact) mass is 325 g/mol. The molecule has 1 N–H and O–H groups in total. The van der Waals surface area contributed by atoms with Crippen LogP contribution in [0.5, 0.6) is 17.2 Å². The van der Waals surface area contributed by atoms with Crippen molar-refractivity contribution in [3.63, 3.8) is 0 Å². The number of carbonyl (C=O) groups excluding carboxylic acids is 2. The van der Waals surface area contributed by atoms with E-state index in [1.165, 1.54) is 19.2 Å². The fourth-order valence-electron chi connectivity index (χ4n) is 1.79. The van der Waals surface area contributed by atoms with Crippen LogP contribution >= 0.6 is 0 Å². The van der Waals surface area contributed by atoms with E-state index in [9.17, 15) is 9.59 Å². The summed E-state index contributed by atoms with van der Waals surface area (Å²) in [5, 5.41) is 2.38. The summed E-state index contributed by atoms with van der Waals surface area (Å²) in [4.78, 5) is 23.3. The van der Waals surface area contributed by atoms with Gasteiger partial charge in [0.1, 0.15) is 0 Å². The molecule has 1 aromatic rings. The number of likely N-dealkylation sites (N-methyl/N-ethyl adjacent to an activating group) is 1. The Morgan fingerprint density at radius 1 is 0.957 bits per heavy atom. The fraction of sp³-hybridized carbons (Fsp3) is 0.500. The van der Waals surface area contributed by atoms with Crippen LogP contribution in [0.2, 0.25) is 0 Å².